The Morgan fingerprint density at radius 1 is 0.661 bits per heavy atom. The van der Waals surface area contributed by atoms with E-state index in [4.69, 9.17) is 28.4 Å². The maximum absolute atomic E-state index is 15.1. The minimum Gasteiger partial charge on any atom is -0.463 e. The van der Waals surface area contributed by atoms with Crippen molar-refractivity contribution in [3.63, 3.8) is 0 Å². The van der Waals surface area contributed by atoms with Crippen LogP contribution in [0.4, 0.5) is 0 Å². The van der Waals surface area contributed by atoms with Crippen molar-refractivity contribution in [3.8, 4) is 0 Å². The summed E-state index contributed by atoms with van der Waals surface area (Å²) in [4.78, 5) is 64.3. The van der Waals surface area contributed by atoms with Crippen molar-refractivity contribution in [1.29, 1.82) is 0 Å². The van der Waals surface area contributed by atoms with Gasteiger partial charge in [0.1, 0.15) is 12.7 Å². The van der Waals surface area contributed by atoms with Crippen molar-refractivity contribution in [2.24, 2.45) is 56.7 Å². The zero-order valence-corrected chi connectivity index (χ0v) is 35.3. The van der Waals surface area contributed by atoms with Gasteiger partial charge in [-0.2, -0.15) is 0 Å². The van der Waals surface area contributed by atoms with E-state index < -0.39 is 72.6 Å². The molecule has 0 bridgehead atoms. The molecule has 0 aromatic rings. The van der Waals surface area contributed by atoms with Gasteiger partial charge >= 0.3 is 29.8 Å². The number of aliphatic hydroxyl groups excluding tert-OH is 1. The molecule has 0 radical (unpaired) electrons. The SMILES string of the molecule is C=C(C)C1CCC2(C(=O)OC3O[C@@H](COC(C)=O)[C@@H](OC(C)=O)[C@@H](OC(C)=O)[C@@H]3OC(C)=O)CCC3(C)C(CCC4C5(C)CCC(O)C(C)(C)C5CCC43C)C12. The molecule has 0 spiro atoms. The first-order chi connectivity index (χ1) is 26.0. The molecule has 12 nitrogen and oxygen atoms in total. The molecule has 6 fully saturated rings. The number of ether oxygens (including phenoxy) is 6. The van der Waals surface area contributed by atoms with Gasteiger partial charge in [0.15, 0.2) is 12.2 Å². The summed E-state index contributed by atoms with van der Waals surface area (Å²) < 4.78 is 34.7. The van der Waals surface area contributed by atoms with E-state index in [2.05, 4.69) is 48.1 Å². The maximum atomic E-state index is 15.1. The van der Waals surface area contributed by atoms with E-state index >= 15 is 4.79 Å². The summed E-state index contributed by atoms with van der Waals surface area (Å²) in [7, 11) is 0. The quantitative estimate of drug-likeness (QED) is 0.159. The topological polar surface area (TPSA) is 161 Å². The van der Waals surface area contributed by atoms with Gasteiger partial charge in [0, 0.05) is 27.7 Å². The molecule has 5 aliphatic carbocycles. The summed E-state index contributed by atoms with van der Waals surface area (Å²) in [5.41, 5.74) is 0.0857. The largest absolute Gasteiger partial charge is 0.463 e. The number of allylic oxidation sites excluding steroid dienone is 1. The van der Waals surface area contributed by atoms with Crippen LogP contribution in [0.15, 0.2) is 12.2 Å². The molecule has 1 aliphatic heterocycles. The van der Waals surface area contributed by atoms with E-state index in [0.29, 0.717) is 24.7 Å². The number of fused-ring (bicyclic) bond motifs is 7. The lowest BCUT2D eigenvalue weighted by Gasteiger charge is -2.72. The van der Waals surface area contributed by atoms with Crippen molar-refractivity contribution < 1.29 is 57.5 Å². The third-order valence-corrected chi connectivity index (χ3v) is 16.6. The molecule has 1 N–H and O–H groups in total. The van der Waals surface area contributed by atoms with Gasteiger partial charge in [-0.1, -0.05) is 46.8 Å². The van der Waals surface area contributed by atoms with Crippen molar-refractivity contribution in [2.45, 2.75) is 170 Å². The van der Waals surface area contributed by atoms with E-state index in [9.17, 15) is 24.3 Å². The summed E-state index contributed by atoms with van der Waals surface area (Å²) in [6.45, 7) is 22.8. The number of carbonyl (C=O) groups is 5. The lowest BCUT2D eigenvalue weighted by atomic mass is 9.32. The fraction of sp³-hybridized carbons (Fsp3) is 0.841. The predicted molar refractivity (Wildman–Crippen MR) is 203 cm³/mol. The van der Waals surface area contributed by atoms with E-state index in [1.54, 1.807) is 0 Å². The summed E-state index contributed by atoms with van der Waals surface area (Å²) in [5.74, 6) is -2.17. The van der Waals surface area contributed by atoms with E-state index in [1.807, 2.05) is 0 Å². The summed E-state index contributed by atoms with van der Waals surface area (Å²) in [6.07, 6.45) is 1.50. The Bertz CT molecular complexity index is 1610. The van der Waals surface area contributed by atoms with Crippen molar-refractivity contribution in [3.05, 3.63) is 12.2 Å². The molecule has 0 amide bonds. The second kappa shape index (κ2) is 15.0. The van der Waals surface area contributed by atoms with Crippen molar-refractivity contribution in [1.82, 2.24) is 0 Å². The molecule has 56 heavy (non-hydrogen) atoms. The molecule has 12 heteroatoms. The monoisotopic (exact) mass is 786 g/mol. The molecule has 6 rings (SSSR count). The van der Waals surface area contributed by atoms with Gasteiger partial charge in [-0.15, -0.1) is 0 Å². The minimum atomic E-state index is -1.57. The molecular formula is C44H66O12. The van der Waals surface area contributed by atoms with Crippen LogP contribution in [0.3, 0.4) is 0 Å². The summed E-state index contributed by atoms with van der Waals surface area (Å²) in [5, 5.41) is 11.1. The number of rotatable bonds is 8. The third-order valence-electron chi connectivity index (χ3n) is 16.6. The summed E-state index contributed by atoms with van der Waals surface area (Å²) >= 11 is 0. The molecule has 11 unspecified atom stereocenters. The molecule has 0 aromatic carbocycles. The molecule has 15 atom stereocenters. The number of esters is 5. The number of carbonyl (C=O) groups excluding carboxylic acids is 5. The highest BCUT2D eigenvalue weighted by molar-refractivity contribution is 5.79. The first-order valence-corrected chi connectivity index (χ1v) is 20.9. The molecule has 0 aromatic heterocycles. The predicted octanol–water partition coefficient (Wildman–Crippen LogP) is 6.63. The second-order valence-electron chi connectivity index (χ2n) is 19.7. The van der Waals surface area contributed by atoms with Gasteiger partial charge in [-0.05, 0) is 122 Å². The lowest BCUT2D eigenvalue weighted by Crippen LogP contribution is -2.67. The normalized spacial score (nSPS) is 45.0. The number of hydrogen-bond acceptors (Lipinski definition) is 12. The Morgan fingerprint density at radius 3 is 1.89 bits per heavy atom. The molecule has 1 saturated heterocycles. The standard InChI is InChI=1S/C44H66O12/c1-23(2)28-14-19-44(39(50)56-38-37(54-27(6)48)36(53-26(5)47)35(52-25(4)46)30(55-38)22-51-24(3)45)21-20-42(10)29(34(28)44)12-13-32-41(9)17-16-33(49)40(7,8)31(41)15-18-43(32,42)11/h28-38,49H,1,12-22H2,2-11H3/t28?,29?,30-,31?,32?,33?,34?,35+,36+,37-,38?,41?,42?,43?,44?/m0/s1. The van der Waals surface area contributed by atoms with Crippen LogP contribution in [0.1, 0.15) is 133 Å². The highest BCUT2D eigenvalue weighted by Crippen LogP contribution is 2.77. The first kappa shape index (κ1) is 42.6. The Hall–Kier alpha value is -2.99. The zero-order valence-electron chi connectivity index (χ0n) is 35.3. The highest BCUT2D eigenvalue weighted by atomic mass is 16.7. The Morgan fingerprint density at radius 2 is 1.29 bits per heavy atom. The van der Waals surface area contributed by atoms with Crippen molar-refractivity contribution in [2.75, 3.05) is 6.61 Å². The first-order valence-electron chi connectivity index (χ1n) is 20.9. The Labute approximate surface area is 332 Å². The molecule has 6 aliphatic rings. The molecular weight excluding hydrogens is 720 g/mol. The lowest BCUT2D eigenvalue weighted by molar-refractivity contribution is -0.305. The second-order valence-corrected chi connectivity index (χ2v) is 19.7. The van der Waals surface area contributed by atoms with Crippen LogP contribution in [0.2, 0.25) is 0 Å². The minimum absolute atomic E-state index is 0.0254. The van der Waals surface area contributed by atoms with E-state index in [-0.39, 0.29) is 45.5 Å². The van der Waals surface area contributed by atoms with Crippen LogP contribution in [0.25, 0.3) is 0 Å². The maximum Gasteiger partial charge on any atom is 0.314 e. The summed E-state index contributed by atoms with van der Waals surface area (Å²) in [6, 6.07) is 0. The van der Waals surface area contributed by atoms with Crippen LogP contribution < -0.4 is 0 Å². The fourth-order valence-electron chi connectivity index (χ4n) is 14.0. The van der Waals surface area contributed by atoms with E-state index in [0.717, 1.165) is 70.8 Å². The molecule has 5 saturated carbocycles. The van der Waals surface area contributed by atoms with Gasteiger partial charge in [-0.25, -0.2) is 0 Å². The number of hydrogen-bond donors (Lipinski definition) is 1. The van der Waals surface area contributed by atoms with Crippen LogP contribution in [-0.2, 0) is 52.4 Å². The molecule has 1 heterocycles. The van der Waals surface area contributed by atoms with Crippen LogP contribution in [-0.4, -0.2) is 78.4 Å². The average molecular weight is 787 g/mol. The van der Waals surface area contributed by atoms with Gasteiger partial charge in [0.25, 0.3) is 0 Å². The third kappa shape index (κ3) is 6.80. The smallest absolute Gasteiger partial charge is 0.314 e. The van der Waals surface area contributed by atoms with Crippen LogP contribution in [0, 0.1) is 56.7 Å². The van der Waals surface area contributed by atoms with E-state index in [1.165, 1.54) is 13.8 Å². The van der Waals surface area contributed by atoms with Gasteiger partial charge in [-0.3, -0.25) is 24.0 Å². The Balaban J connectivity index is 1.35. The van der Waals surface area contributed by atoms with Crippen LogP contribution in [0.5, 0.6) is 0 Å². The van der Waals surface area contributed by atoms with Gasteiger partial charge in [0.05, 0.1) is 11.5 Å². The zero-order chi connectivity index (χ0) is 41.3. The molecule has 314 valence electrons. The number of aliphatic hydroxyl groups is 1. The Kier molecular flexibility index (Phi) is 11.4. The van der Waals surface area contributed by atoms with Gasteiger partial charge < -0.3 is 33.5 Å². The fourth-order valence-corrected chi connectivity index (χ4v) is 14.0. The average Bonchev–Trinajstić information content (AvgIpc) is 3.49. The highest BCUT2D eigenvalue weighted by Gasteiger charge is 2.72. The van der Waals surface area contributed by atoms with Gasteiger partial charge in [0.2, 0.25) is 12.4 Å². The van der Waals surface area contributed by atoms with Crippen molar-refractivity contribution >= 4 is 29.8 Å². The van der Waals surface area contributed by atoms with Crippen LogP contribution >= 0.6 is 0 Å².